The fourth-order valence-electron chi connectivity index (χ4n) is 3.15. The lowest BCUT2D eigenvalue weighted by Gasteiger charge is -2.33. The summed E-state index contributed by atoms with van der Waals surface area (Å²) < 4.78 is 5.74. The quantitative estimate of drug-likeness (QED) is 0.893. The Morgan fingerprint density at radius 1 is 1.39 bits per heavy atom. The molecule has 3 nitrogen and oxygen atoms in total. The first-order valence-electron chi connectivity index (χ1n) is 6.16. The van der Waals surface area contributed by atoms with Crippen molar-refractivity contribution in [3.8, 4) is 6.07 Å². The summed E-state index contributed by atoms with van der Waals surface area (Å²) in [6, 6.07) is 9.34. The third-order valence-corrected chi connectivity index (χ3v) is 4.38. The van der Waals surface area contributed by atoms with Crippen LogP contribution in [0.4, 0.5) is 0 Å². The lowest BCUT2D eigenvalue weighted by Crippen LogP contribution is -2.37. The first kappa shape index (κ1) is 12.0. The van der Waals surface area contributed by atoms with Crippen molar-refractivity contribution in [2.75, 3.05) is 0 Å². The van der Waals surface area contributed by atoms with Gasteiger partial charge in [0.2, 0.25) is 0 Å². The van der Waals surface area contributed by atoms with E-state index in [1.807, 2.05) is 0 Å². The van der Waals surface area contributed by atoms with E-state index < -0.39 is 11.5 Å². The molecule has 0 spiro atoms. The van der Waals surface area contributed by atoms with Crippen LogP contribution in [0.15, 0.2) is 24.3 Å². The highest BCUT2D eigenvalue weighted by Gasteiger charge is 2.57. The predicted octanol–water partition coefficient (Wildman–Crippen LogP) is 2.83. The van der Waals surface area contributed by atoms with Crippen LogP contribution < -0.4 is 0 Å². The van der Waals surface area contributed by atoms with Gasteiger partial charge in [0.1, 0.15) is 11.5 Å². The van der Waals surface area contributed by atoms with Crippen LogP contribution in [0.2, 0.25) is 5.02 Å². The zero-order valence-corrected chi connectivity index (χ0v) is 10.6. The highest BCUT2D eigenvalue weighted by Crippen LogP contribution is 2.53. The Kier molecular flexibility index (Phi) is 2.82. The SMILES string of the molecule is N#CC1(C(O)c2ccc(Cl)cc2)CC2CCC1O2. The van der Waals surface area contributed by atoms with Crippen molar-refractivity contribution in [3.05, 3.63) is 34.9 Å². The third kappa shape index (κ3) is 1.65. The van der Waals surface area contributed by atoms with Crippen LogP contribution in [0.25, 0.3) is 0 Å². The maximum absolute atomic E-state index is 10.5. The molecular weight excluding hydrogens is 250 g/mol. The molecule has 0 saturated carbocycles. The van der Waals surface area contributed by atoms with Gasteiger partial charge < -0.3 is 9.84 Å². The van der Waals surface area contributed by atoms with Gasteiger partial charge in [0, 0.05) is 5.02 Å². The Bertz CT molecular complexity index is 496. The number of halogens is 1. The molecule has 18 heavy (non-hydrogen) atoms. The van der Waals surface area contributed by atoms with Crippen molar-refractivity contribution in [2.24, 2.45) is 5.41 Å². The third-order valence-electron chi connectivity index (χ3n) is 4.13. The molecule has 3 rings (SSSR count). The standard InChI is InChI=1S/C14H14ClNO2/c15-10-3-1-9(2-4-10)13(17)14(8-16)7-11-5-6-12(14)18-11/h1-4,11-13,17H,5-7H2. The molecule has 1 N–H and O–H groups in total. The van der Waals surface area contributed by atoms with Gasteiger partial charge in [0.15, 0.2) is 0 Å². The molecule has 1 aromatic carbocycles. The Labute approximate surface area is 111 Å². The van der Waals surface area contributed by atoms with E-state index in [2.05, 4.69) is 6.07 Å². The number of hydrogen-bond acceptors (Lipinski definition) is 3. The van der Waals surface area contributed by atoms with Crippen molar-refractivity contribution in [3.63, 3.8) is 0 Å². The van der Waals surface area contributed by atoms with Crippen LogP contribution in [0, 0.1) is 16.7 Å². The molecule has 2 saturated heterocycles. The average Bonchev–Trinajstić information content (AvgIpc) is 2.99. The number of benzene rings is 1. The fraction of sp³-hybridized carbons (Fsp3) is 0.500. The van der Waals surface area contributed by atoms with Gasteiger partial charge >= 0.3 is 0 Å². The zero-order valence-electron chi connectivity index (χ0n) is 9.84. The van der Waals surface area contributed by atoms with E-state index in [-0.39, 0.29) is 12.2 Å². The molecule has 94 valence electrons. The number of nitriles is 1. The minimum Gasteiger partial charge on any atom is -0.387 e. The molecule has 1 aromatic rings. The fourth-order valence-corrected chi connectivity index (χ4v) is 3.28. The van der Waals surface area contributed by atoms with Crippen LogP contribution in [-0.2, 0) is 4.74 Å². The van der Waals surface area contributed by atoms with Crippen molar-refractivity contribution in [1.82, 2.24) is 0 Å². The van der Waals surface area contributed by atoms with Crippen LogP contribution >= 0.6 is 11.6 Å². The van der Waals surface area contributed by atoms with Crippen molar-refractivity contribution < 1.29 is 9.84 Å². The Morgan fingerprint density at radius 2 is 2.11 bits per heavy atom. The lowest BCUT2D eigenvalue weighted by atomic mass is 9.69. The second-order valence-electron chi connectivity index (χ2n) is 5.13. The minimum atomic E-state index is -0.810. The second kappa shape index (κ2) is 4.24. The molecular formula is C14H14ClNO2. The largest absolute Gasteiger partial charge is 0.387 e. The van der Waals surface area contributed by atoms with Crippen molar-refractivity contribution in [1.29, 1.82) is 5.26 Å². The molecule has 4 atom stereocenters. The van der Waals surface area contributed by atoms with Crippen LogP contribution in [0.1, 0.15) is 30.9 Å². The first-order valence-corrected chi connectivity index (χ1v) is 6.54. The molecule has 0 aliphatic carbocycles. The van der Waals surface area contributed by atoms with Gasteiger partial charge in [-0.3, -0.25) is 0 Å². The van der Waals surface area contributed by atoms with E-state index in [0.717, 1.165) is 18.4 Å². The summed E-state index contributed by atoms with van der Waals surface area (Å²) in [6.45, 7) is 0. The number of hydrogen-bond donors (Lipinski definition) is 1. The number of aliphatic hydroxyl groups is 1. The second-order valence-corrected chi connectivity index (χ2v) is 5.57. The summed E-state index contributed by atoms with van der Waals surface area (Å²) in [5.74, 6) is 0. The van der Waals surface area contributed by atoms with Gasteiger partial charge in [0.25, 0.3) is 0 Å². The highest BCUT2D eigenvalue weighted by molar-refractivity contribution is 6.30. The summed E-state index contributed by atoms with van der Waals surface area (Å²) in [5.41, 5.74) is -0.0615. The molecule has 0 aromatic heterocycles. The lowest BCUT2D eigenvalue weighted by molar-refractivity contribution is 0.00342. The van der Waals surface area contributed by atoms with Crippen LogP contribution in [0.3, 0.4) is 0 Å². The molecule has 2 bridgehead atoms. The smallest absolute Gasteiger partial charge is 0.116 e. The molecule has 2 aliphatic heterocycles. The van der Waals surface area contributed by atoms with E-state index in [0.29, 0.717) is 11.4 Å². The number of fused-ring (bicyclic) bond motifs is 2. The Balaban J connectivity index is 1.93. The summed E-state index contributed by atoms with van der Waals surface area (Å²) in [6.07, 6.45) is 1.67. The molecule has 0 amide bonds. The first-order chi connectivity index (χ1) is 8.65. The van der Waals surface area contributed by atoms with Gasteiger partial charge in [0.05, 0.1) is 18.3 Å². The van der Waals surface area contributed by atoms with E-state index in [9.17, 15) is 10.4 Å². The van der Waals surface area contributed by atoms with Gasteiger partial charge in [-0.1, -0.05) is 23.7 Å². The van der Waals surface area contributed by atoms with Crippen molar-refractivity contribution in [2.45, 2.75) is 37.6 Å². The molecule has 4 heteroatoms. The van der Waals surface area contributed by atoms with Gasteiger partial charge in [-0.25, -0.2) is 0 Å². The van der Waals surface area contributed by atoms with E-state index in [4.69, 9.17) is 16.3 Å². The normalized spacial score (nSPS) is 35.4. The minimum absolute atomic E-state index is 0.136. The molecule has 2 fully saturated rings. The van der Waals surface area contributed by atoms with Gasteiger partial charge in [-0.2, -0.15) is 5.26 Å². The van der Waals surface area contributed by atoms with E-state index in [1.54, 1.807) is 24.3 Å². The molecule has 2 heterocycles. The predicted molar refractivity (Wildman–Crippen MR) is 67.0 cm³/mol. The number of aliphatic hydroxyl groups excluding tert-OH is 1. The van der Waals surface area contributed by atoms with E-state index in [1.165, 1.54) is 0 Å². The van der Waals surface area contributed by atoms with Gasteiger partial charge in [-0.05, 0) is 37.0 Å². The maximum atomic E-state index is 10.5. The summed E-state index contributed by atoms with van der Waals surface area (Å²) in [7, 11) is 0. The number of ether oxygens (including phenoxy) is 1. The summed E-state index contributed by atoms with van der Waals surface area (Å²) >= 11 is 5.84. The molecule has 4 unspecified atom stereocenters. The van der Waals surface area contributed by atoms with E-state index >= 15 is 0 Å². The molecule has 2 aliphatic rings. The Hall–Kier alpha value is -1.08. The number of nitrogens with zero attached hydrogens (tertiary/aromatic N) is 1. The average molecular weight is 264 g/mol. The zero-order chi connectivity index (χ0) is 12.8. The van der Waals surface area contributed by atoms with Crippen LogP contribution in [-0.4, -0.2) is 17.3 Å². The highest BCUT2D eigenvalue weighted by atomic mass is 35.5. The van der Waals surface area contributed by atoms with Gasteiger partial charge in [-0.15, -0.1) is 0 Å². The van der Waals surface area contributed by atoms with Crippen LogP contribution in [0.5, 0.6) is 0 Å². The maximum Gasteiger partial charge on any atom is 0.116 e. The monoisotopic (exact) mass is 263 g/mol. The number of rotatable bonds is 2. The topological polar surface area (TPSA) is 53.2 Å². The Morgan fingerprint density at radius 3 is 2.61 bits per heavy atom. The summed E-state index contributed by atoms with van der Waals surface area (Å²) in [4.78, 5) is 0. The van der Waals surface area contributed by atoms with Crippen molar-refractivity contribution >= 4 is 11.6 Å². The molecule has 0 radical (unpaired) electrons. The summed E-state index contributed by atoms with van der Waals surface area (Å²) in [5, 5.41) is 20.7.